The molecule has 0 aromatic heterocycles. The van der Waals surface area contributed by atoms with Gasteiger partial charge in [0.1, 0.15) is 0 Å². The van der Waals surface area contributed by atoms with Crippen molar-refractivity contribution in [2.45, 2.75) is 12.8 Å². The highest BCUT2D eigenvalue weighted by Gasteiger charge is 2.13. The lowest BCUT2D eigenvalue weighted by Crippen LogP contribution is -2.35. The molecule has 0 saturated heterocycles. The summed E-state index contributed by atoms with van der Waals surface area (Å²) < 4.78 is 15.9. The van der Waals surface area contributed by atoms with Crippen LogP contribution in [0.15, 0.2) is 18.2 Å². The lowest BCUT2D eigenvalue weighted by Gasteiger charge is -2.23. The van der Waals surface area contributed by atoms with Gasteiger partial charge in [-0.1, -0.05) is 12.1 Å². The summed E-state index contributed by atoms with van der Waals surface area (Å²) in [7, 11) is 6.18. The van der Waals surface area contributed by atoms with Crippen LogP contribution in [-0.4, -0.2) is 32.2 Å². The maximum absolute atomic E-state index is 11.5. The van der Waals surface area contributed by atoms with Gasteiger partial charge in [0, 0.05) is 18.1 Å². The molecule has 0 spiro atoms. The van der Waals surface area contributed by atoms with Crippen molar-refractivity contribution in [1.82, 2.24) is 0 Å². The molecule has 0 bridgehead atoms. The van der Waals surface area contributed by atoms with Gasteiger partial charge >= 0.3 is 5.69 Å². The van der Waals surface area contributed by atoms with Crippen molar-refractivity contribution in [3.05, 3.63) is 28.7 Å². The summed E-state index contributed by atoms with van der Waals surface area (Å²) >= 11 is 0. The molecule has 86 valence electrons. The van der Waals surface area contributed by atoms with E-state index in [9.17, 15) is 5.11 Å². The van der Waals surface area contributed by atoms with E-state index in [1.54, 1.807) is 0 Å². The molecule has 4 heteroatoms. The Morgan fingerprint density at radius 3 is 2.75 bits per heavy atom. The highest BCUT2D eigenvalue weighted by molar-refractivity contribution is 5.54. The fraction of sp³-hybridized carbons (Fsp3) is 0.500. The largest absolute Gasteiger partial charge is 0.872 e. The fourth-order valence-corrected chi connectivity index (χ4v) is 1.47. The smallest absolute Gasteiger partial charge is 0.388 e. The summed E-state index contributed by atoms with van der Waals surface area (Å²) in [5, 5.41) is 20.4. The molecule has 0 N–H and O–H groups in total. The molecule has 0 aliphatic heterocycles. The van der Waals surface area contributed by atoms with Gasteiger partial charge in [-0.15, -0.1) is 5.75 Å². The number of hydrogen-bond acceptors (Lipinski definition) is 2. The second-order valence-electron chi connectivity index (χ2n) is 4.82. The van der Waals surface area contributed by atoms with Crippen molar-refractivity contribution in [1.29, 1.82) is 5.39 Å². The van der Waals surface area contributed by atoms with Gasteiger partial charge in [-0.05, 0) is 6.42 Å². The van der Waals surface area contributed by atoms with Crippen molar-refractivity contribution in [2.24, 2.45) is 0 Å². The van der Waals surface area contributed by atoms with E-state index in [0.717, 1.165) is 17.4 Å². The number of hydrogen-bond donors (Lipinski definition) is 0. The summed E-state index contributed by atoms with van der Waals surface area (Å²) in [5.41, 5.74) is 0.581. The van der Waals surface area contributed by atoms with E-state index in [1.165, 1.54) is 6.07 Å². The standard InChI is InChI=1S/C12H18N3O/c1-15(2,3)8-4-5-10-9-11(16)6-7-12(10)14-13/h6-7,9H,4-5,8H2,1-3H3/q+1/i6T,9T. The van der Waals surface area contributed by atoms with E-state index >= 15 is 0 Å². The Bertz CT molecular complexity index is 490. The first kappa shape index (κ1) is 9.61. The van der Waals surface area contributed by atoms with Crippen molar-refractivity contribution in [3.63, 3.8) is 0 Å². The molecule has 0 unspecified atom stereocenters. The van der Waals surface area contributed by atoms with Gasteiger partial charge < -0.3 is 9.59 Å². The lowest BCUT2D eigenvalue weighted by molar-refractivity contribution is -0.870. The number of diazo groups is 1. The molecular formula is C12H18N3O+. The highest BCUT2D eigenvalue weighted by atomic mass is 16.3. The average Bonchev–Trinajstić information content (AvgIpc) is 2.27. The molecule has 0 saturated carbocycles. The molecular weight excluding hydrogens is 202 g/mol. The predicted octanol–water partition coefficient (Wildman–Crippen LogP) is 1.88. The van der Waals surface area contributed by atoms with Crippen LogP contribution in [0.4, 0.5) is 5.69 Å². The summed E-state index contributed by atoms with van der Waals surface area (Å²) in [5.74, 6) is -0.609. The van der Waals surface area contributed by atoms with Gasteiger partial charge in [0.25, 0.3) is 0 Å². The van der Waals surface area contributed by atoms with Crippen LogP contribution in [0.3, 0.4) is 0 Å². The van der Waals surface area contributed by atoms with E-state index in [1.807, 2.05) is 0 Å². The van der Waals surface area contributed by atoms with E-state index in [2.05, 4.69) is 26.1 Å². The SMILES string of the molecule is [3H]c1cc([N+]#N)c(CCC[N+](C)(C)C)c([3H])c1[O-]. The van der Waals surface area contributed by atoms with Crippen LogP contribution in [-0.2, 0) is 6.42 Å². The Morgan fingerprint density at radius 2 is 2.19 bits per heavy atom. The monoisotopic (exact) mass is 224 g/mol. The first-order chi connectivity index (χ1) is 8.26. The molecule has 1 aromatic rings. The topological polar surface area (TPSA) is 51.2 Å². The molecule has 0 atom stereocenters. The van der Waals surface area contributed by atoms with Gasteiger partial charge in [0.05, 0.1) is 30.4 Å². The van der Waals surface area contributed by atoms with Crippen LogP contribution < -0.4 is 5.11 Å². The van der Waals surface area contributed by atoms with Crippen molar-refractivity contribution in [3.8, 4) is 5.75 Å². The average molecular weight is 224 g/mol. The Labute approximate surface area is 99.2 Å². The fourth-order valence-electron chi connectivity index (χ4n) is 1.47. The number of quaternary nitrogens is 1. The molecule has 0 aliphatic rings. The molecule has 1 rings (SSSR count). The minimum Gasteiger partial charge on any atom is -0.872 e. The summed E-state index contributed by atoms with van der Waals surface area (Å²) in [4.78, 5) is 3.06. The van der Waals surface area contributed by atoms with Crippen LogP contribution in [0.2, 0.25) is 0 Å². The number of rotatable bonds is 4. The zero-order valence-electron chi connectivity index (χ0n) is 11.9. The molecule has 16 heavy (non-hydrogen) atoms. The normalized spacial score (nSPS) is 12.9. The second kappa shape index (κ2) is 4.95. The van der Waals surface area contributed by atoms with E-state index in [0.29, 0.717) is 12.0 Å². The molecule has 0 fully saturated rings. The molecule has 0 amide bonds. The lowest BCUT2D eigenvalue weighted by atomic mass is 10.1. The molecule has 0 aliphatic carbocycles. The predicted molar refractivity (Wildman–Crippen MR) is 61.9 cm³/mol. The Morgan fingerprint density at radius 1 is 1.50 bits per heavy atom. The second-order valence-corrected chi connectivity index (χ2v) is 4.82. The summed E-state index contributed by atoms with van der Waals surface area (Å²) in [6, 6.07) is 0.682. The first-order valence-electron chi connectivity index (χ1n) is 6.22. The minimum absolute atomic E-state index is 0.158. The van der Waals surface area contributed by atoms with Gasteiger partial charge in [-0.3, -0.25) is 0 Å². The summed E-state index contributed by atoms with van der Waals surface area (Å²) in [6.07, 6.45) is 1.29. The zero-order valence-corrected chi connectivity index (χ0v) is 9.95. The third-order valence-corrected chi connectivity index (χ3v) is 2.28. The Balaban J connectivity index is 2.95. The van der Waals surface area contributed by atoms with Crippen molar-refractivity contribution >= 4 is 5.69 Å². The van der Waals surface area contributed by atoms with Crippen LogP contribution >= 0.6 is 0 Å². The van der Waals surface area contributed by atoms with Gasteiger partial charge in [0.2, 0.25) is 5.39 Å². The third kappa shape index (κ3) is 3.87. The van der Waals surface area contributed by atoms with E-state index < -0.39 is 5.75 Å². The van der Waals surface area contributed by atoms with Crippen LogP contribution in [0.25, 0.3) is 4.98 Å². The quantitative estimate of drug-likeness (QED) is 0.579. The highest BCUT2D eigenvalue weighted by Crippen LogP contribution is 2.23. The minimum atomic E-state index is -0.609. The van der Waals surface area contributed by atoms with Crippen molar-refractivity contribution in [2.75, 3.05) is 27.7 Å². The van der Waals surface area contributed by atoms with Crippen molar-refractivity contribution < 1.29 is 12.3 Å². The van der Waals surface area contributed by atoms with Gasteiger partial charge in [-0.25, -0.2) is 0 Å². The molecule has 4 nitrogen and oxygen atoms in total. The van der Waals surface area contributed by atoms with Crippen LogP contribution in [0.5, 0.6) is 5.75 Å². The molecule has 0 heterocycles. The van der Waals surface area contributed by atoms with Gasteiger partial charge in [-0.2, -0.15) is 0 Å². The molecule has 1 aromatic carbocycles. The Hall–Kier alpha value is -1.60. The summed E-state index contributed by atoms with van der Waals surface area (Å²) in [6.45, 7) is 0.890. The number of nitrogens with zero attached hydrogens (tertiary/aromatic N) is 3. The molecule has 0 radical (unpaired) electrons. The number of benzene rings is 1. The van der Waals surface area contributed by atoms with E-state index in [-0.39, 0.29) is 17.8 Å². The maximum Gasteiger partial charge on any atom is 0.388 e. The zero-order chi connectivity index (χ0) is 13.9. The van der Waals surface area contributed by atoms with Gasteiger partial charge in [0.15, 0.2) is 4.98 Å². The van der Waals surface area contributed by atoms with Crippen LogP contribution in [0, 0.1) is 5.39 Å². The maximum atomic E-state index is 11.5. The third-order valence-electron chi connectivity index (χ3n) is 2.28. The first-order valence-corrected chi connectivity index (χ1v) is 5.22. The van der Waals surface area contributed by atoms with E-state index in [4.69, 9.17) is 8.13 Å². The Kier molecular flexibility index (Phi) is 2.97. The van der Waals surface area contributed by atoms with Crippen LogP contribution in [0.1, 0.15) is 14.7 Å².